The van der Waals surface area contributed by atoms with Gasteiger partial charge in [-0.25, -0.2) is 0 Å². The van der Waals surface area contributed by atoms with Crippen LogP contribution in [0.1, 0.15) is 24.8 Å². The maximum Gasteiger partial charge on any atom is 0.0731 e. The third-order valence-electron chi connectivity index (χ3n) is 3.24. The molecule has 1 N–H and O–H groups in total. The minimum atomic E-state index is 0.368. The van der Waals surface area contributed by atoms with Gasteiger partial charge in [0.05, 0.1) is 6.10 Å². The van der Waals surface area contributed by atoms with Crippen LogP contribution >= 0.6 is 0 Å². The molecule has 0 aromatic carbocycles. The zero-order chi connectivity index (χ0) is 11.2. The smallest absolute Gasteiger partial charge is 0.0731 e. The third-order valence-corrected chi connectivity index (χ3v) is 3.24. The second-order valence-electron chi connectivity index (χ2n) is 4.36. The fraction of sp³-hybridized carbons (Fsp3) is 0.615. The van der Waals surface area contributed by atoms with Gasteiger partial charge in [-0.3, -0.25) is 4.98 Å². The van der Waals surface area contributed by atoms with E-state index in [0.29, 0.717) is 12.1 Å². The molecule has 0 bridgehead atoms. The Morgan fingerprint density at radius 3 is 2.88 bits per heavy atom. The molecular weight excluding hydrogens is 200 g/mol. The predicted molar refractivity (Wildman–Crippen MR) is 64.4 cm³/mol. The van der Waals surface area contributed by atoms with Gasteiger partial charge in [0.25, 0.3) is 0 Å². The lowest BCUT2D eigenvalue weighted by Crippen LogP contribution is -2.42. The quantitative estimate of drug-likeness (QED) is 0.840. The van der Waals surface area contributed by atoms with Gasteiger partial charge in [-0.1, -0.05) is 0 Å². The number of nitrogens with zero attached hydrogens (tertiary/aromatic N) is 1. The first-order valence-corrected chi connectivity index (χ1v) is 6.08. The van der Waals surface area contributed by atoms with Gasteiger partial charge < -0.3 is 10.1 Å². The number of hydrogen-bond acceptors (Lipinski definition) is 3. The van der Waals surface area contributed by atoms with E-state index in [1.807, 2.05) is 19.4 Å². The van der Waals surface area contributed by atoms with Gasteiger partial charge in [0.15, 0.2) is 0 Å². The van der Waals surface area contributed by atoms with Crippen molar-refractivity contribution < 1.29 is 4.74 Å². The number of likely N-dealkylation sites (N-methyl/N-ethyl adjacent to an activating group) is 1. The molecule has 1 saturated heterocycles. The van der Waals surface area contributed by atoms with Crippen molar-refractivity contribution in [2.45, 2.75) is 37.8 Å². The van der Waals surface area contributed by atoms with E-state index in [1.165, 1.54) is 24.8 Å². The van der Waals surface area contributed by atoms with Crippen LogP contribution in [0.4, 0.5) is 0 Å². The first-order chi connectivity index (χ1) is 7.90. The summed E-state index contributed by atoms with van der Waals surface area (Å²) in [5.74, 6) is 0. The summed E-state index contributed by atoms with van der Waals surface area (Å²) < 4.78 is 5.83. The van der Waals surface area contributed by atoms with E-state index >= 15 is 0 Å². The molecule has 3 heteroatoms. The fourth-order valence-electron chi connectivity index (χ4n) is 2.28. The number of nitrogens with one attached hydrogen (secondary N) is 1. The van der Waals surface area contributed by atoms with Crippen molar-refractivity contribution in [3.63, 3.8) is 0 Å². The first-order valence-electron chi connectivity index (χ1n) is 6.08. The van der Waals surface area contributed by atoms with Gasteiger partial charge in [-0.05, 0) is 50.4 Å². The molecule has 1 aliphatic heterocycles. The highest BCUT2D eigenvalue weighted by Crippen LogP contribution is 2.18. The minimum Gasteiger partial charge on any atom is -0.377 e. The van der Waals surface area contributed by atoms with Crippen molar-refractivity contribution in [2.75, 3.05) is 13.7 Å². The average Bonchev–Trinajstić information content (AvgIpc) is 2.38. The lowest BCUT2D eigenvalue weighted by molar-refractivity contribution is -0.00587. The van der Waals surface area contributed by atoms with Crippen LogP contribution in [-0.2, 0) is 11.2 Å². The summed E-state index contributed by atoms with van der Waals surface area (Å²) in [4.78, 5) is 4.04. The Labute approximate surface area is 97.2 Å². The molecule has 16 heavy (non-hydrogen) atoms. The summed E-state index contributed by atoms with van der Waals surface area (Å²) in [7, 11) is 2.02. The SMILES string of the molecule is CNC(Cc1ccncc1)C1CCCCO1. The Bertz CT molecular complexity index is 296. The largest absolute Gasteiger partial charge is 0.377 e. The minimum absolute atomic E-state index is 0.368. The van der Waals surface area contributed by atoms with E-state index in [-0.39, 0.29) is 0 Å². The zero-order valence-electron chi connectivity index (χ0n) is 9.86. The van der Waals surface area contributed by atoms with E-state index in [2.05, 4.69) is 22.4 Å². The number of aromatic nitrogens is 1. The van der Waals surface area contributed by atoms with Crippen LogP contribution in [0.2, 0.25) is 0 Å². The Morgan fingerprint density at radius 2 is 2.25 bits per heavy atom. The van der Waals surface area contributed by atoms with Crippen LogP contribution in [0.3, 0.4) is 0 Å². The zero-order valence-corrected chi connectivity index (χ0v) is 9.86. The van der Waals surface area contributed by atoms with Crippen molar-refractivity contribution in [2.24, 2.45) is 0 Å². The molecule has 1 aromatic rings. The number of rotatable bonds is 4. The van der Waals surface area contributed by atoms with Crippen LogP contribution < -0.4 is 5.32 Å². The Morgan fingerprint density at radius 1 is 1.44 bits per heavy atom. The van der Waals surface area contributed by atoms with Gasteiger partial charge in [0.2, 0.25) is 0 Å². The molecule has 0 amide bonds. The van der Waals surface area contributed by atoms with Crippen molar-refractivity contribution in [1.29, 1.82) is 0 Å². The monoisotopic (exact) mass is 220 g/mol. The van der Waals surface area contributed by atoms with Crippen molar-refractivity contribution in [3.05, 3.63) is 30.1 Å². The predicted octanol–water partition coefficient (Wildman–Crippen LogP) is 1.78. The normalized spacial score (nSPS) is 22.9. The van der Waals surface area contributed by atoms with E-state index in [4.69, 9.17) is 4.74 Å². The van der Waals surface area contributed by atoms with E-state index in [1.54, 1.807) is 0 Å². The molecule has 0 saturated carbocycles. The molecule has 2 atom stereocenters. The molecule has 1 aromatic heterocycles. The van der Waals surface area contributed by atoms with Gasteiger partial charge in [0.1, 0.15) is 0 Å². The summed E-state index contributed by atoms with van der Waals surface area (Å²) in [6, 6.07) is 4.57. The van der Waals surface area contributed by atoms with Crippen LogP contribution in [0.25, 0.3) is 0 Å². The van der Waals surface area contributed by atoms with E-state index in [0.717, 1.165) is 13.0 Å². The van der Waals surface area contributed by atoms with Crippen molar-refractivity contribution in [1.82, 2.24) is 10.3 Å². The van der Waals surface area contributed by atoms with Gasteiger partial charge in [-0.15, -0.1) is 0 Å². The van der Waals surface area contributed by atoms with E-state index < -0.39 is 0 Å². The van der Waals surface area contributed by atoms with Gasteiger partial charge in [0, 0.05) is 25.0 Å². The van der Waals surface area contributed by atoms with Crippen molar-refractivity contribution in [3.8, 4) is 0 Å². The number of pyridine rings is 1. The third kappa shape index (κ3) is 3.03. The second kappa shape index (κ2) is 5.97. The molecule has 2 heterocycles. The molecule has 1 fully saturated rings. The van der Waals surface area contributed by atoms with Crippen LogP contribution in [0, 0.1) is 0 Å². The standard InChI is InChI=1S/C13H20N2O/c1-14-12(13-4-2-3-9-16-13)10-11-5-7-15-8-6-11/h5-8,12-14H,2-4,9-10H2,1H3. The highest BCUT2D eigenvalue weighted by Gasteiger charge is 2.23. The summed E-state index contributed by atoms with van der Waals surface area (Å²) in [6.07, 6.45) is 8.77. The Kier molecular flexibility index (Phi) is 4.31. The fourth-order valence-corrected chi connectivity index (χ4v) is 2.28. The van der Waals surface area contributed by atoms with Crippen LogP contribution in [-0.4, -0.2) is 30.8 Å². The molecule has 0 spiro atoms. The van der Waals surface area contributed by atoms with Gasteiger partial charge >= 0.3 is 0 Å². The molecule has 3 nitrogen and oxygen atoms in total. The first kappa shape index (κ1) is 11.6. The van der Waals surface area contributed by atoms with Crippen LogP contribution in [0.5, 0.6) is 0 Å². The Balaban J connectivity index is 1.94. The molecule has 2 rings (SSSR count). The second-order valence-corrected chi connectivity index (χ2v) is 4.36. The molecule has 0 radical (unpaired) electrons. The molecule has 0 aliphatic carbocycles. The average molecular weight is 220 g/mol. The highest BCUT2D eigenvalue weighted by molar-refractivity contribution is 5.12. The number of ether oxygens (including phenoxy) is 1. The highest BCUT2D eigenvalue weighted by atomic mass is 16.5. The molecule has 88 valence electrons. The summed E-state index contributed by atoms with van der Waals surface area (Å²) in [6.45, 7) is 0.916. The lowest BCUT2D eigenvalue weighted by atomic mass is 9.97. The molecule has 1 aliphatic rings. The summed E-state index contributed by atoms with van der Waals surface area (Å²) in [5.41, 5.74) is 1.32. The summed E-state index contributed by atoms with van der Waals surface area (Å²) in [5, 5.41) is 3.37. The molecule has 2 unspecified atom stereocenters. The topological polar surface area (TPSA) is 34.2 Å². The lowest BCUT2D eigenvalue weighted by Gasteiger charge is -2.30. The maximum absolute atomic E-state index is 5.83. The Hall–Kier alpha value is -0.930. The van der Waals surface area contributed by atoms with Crippen LogP contribution in [0.15, 0.2) is 24.5 Å². The van der Waals surface area contributed by atoms with E-state index in [9.17, 15) is 0 Å². The van der Waals surface area contributed by atoms with Crippen molar-refractivity contribution >= 4 is 0 Å². The maximum atomic E-state index is 5.83. The summed E-state index contributed by atoms with van der Waals surface area (Å²) >= 11 is 0. The van der Waals surface area contributed by atoms with Gasteiger partial charge in [-0.2, -0.15) is 0 Å². The number of hydrogen-bond donors (Lipinski definition) is 1. The molecular formula is C13H20N2O.